The van der Waals surface area contributed by atoms with E-state index in [4.69, 9.17) is 4.74 Å². The lowest BCUT2D eigenvalue weighted by molar-refractivity contribution is 0.103. The average Bonchev–Trinajstić information content (AvgIpc) is 2.90. The number of benzene rings is 1. The maximum atomic E-state index is 12.5. The highest BCUT2D eigenvalue weighted by Crippen LogP contribution is 2.18. The molecule has 2 aromatic heterocycles. The molecule has 0 atom stereocenters. The molecule has 0 aliphatic carbocycles. The second kappa shape index (κ2) is 4.61. The molecule has 19 heavy (non-hydrogen) atoms. The summed E-state index contributed by atoms with van der Waals surface area (Å²) in [6, 6.07) is 16.8. The molecule has 2 heterocycles. The fourth-order valence-corrected chi connectivity index (χ4v) is 2.15. The van der Waals surface area contributed by atoms with Gasteiger partial charge in [-0.2, -0.15) is 0 Å². The van der Waals surface area contributed by atoms with E-state index in [2.05, 4.69) is 0 Å². The zero-order chi connectivity index (χ0) is 13.2. The highest BCUT2D eigenvalue weighted by Gasteiger charge is 2.13. The van der Waals surface area contributed by atoms with Gasteiger partial charge in [-0.25, -0.2) is 0 Å². The van der Waals surface area contributed by atoms with Crippen molar-refractivity contribution in [3.8, 4) is 5.75 Å². The predicted octanol–water partition coefficient (Wildman–Crippen LogP) is 3.18. The molecule has 0 spiro atoms. The largest absolute Gasteiger partial charge is 0.497 e. The van der Waals surface area contributed by atoms with Crippen molar-refractivity contribution in [1.82, 2.24) is 4.40 Å². The number of hydrogen-bond acceptors (Lipinski definition) is 2. The zero-order valence-electron chi connectivity index (χ0n) is 10.5. The van der Waals surface area contributed by atoms with Crippen LogP contribution < -0.4 is 4.74 Å². The van der Waals surface area contributed by atoms with Crippen LogP contribution in [0.3, 0.4) is 0 Å². The van der Waals surface area contributed by atoms with Crippen LogP contribution in [0.15, 0.2) is 60.8 Å². The predicted molar refractivity (Wildman–Crippen MR) is 73.8 cm³/mol. The van der Waals surface area contributed by atoms with E-state index in [-0.39, 0.29) is 5.78 Å². The molecule has 0 N–H and O–H groups in total. The number of hydrogen-bond donors (Lipinski definition) is 0. The van der Waals surface area contributed by atoms with Gasteiger partial charge in [0, 0.05) is 17.3 Å². The second-order valence-corrected chi connectivity index (χ2v) is 4.28. The highest BCUT2D eigenvalue weighted by molar-refractivity contribution is 6.08. The van der Waals surface area contributed by atoms with Crippen LogP contribution >= 0.6 is 0 Å². The van der Waals surface area contributed by atoms with Gasteiger partial charge >= 0.3 is 0 Å². The molecular formula is C16H13NO2. The SMILES string of the molecule is COc1cccc(C(=O)c2ccc3ccccn23)c1. The van der Waals surface area contributed by atoms with E-state index >= 15 is 0 Å². The Hall–Kier alpha value is -2.55. The van der Waals surface area contributed by atoms with Crippen molar-refractivity contribution >= 4 is 11.3 Å². The molecule has 0 unspecified atom stereocenters. The summed E-state index contributed by atoms with van der Waals surface area (Å²) in [5.74, 6) is 0.678. The molecule has 3 heteroatoms. The van der Waals surface area contributed by atoms with E-state index in [1.165, 1.54) is 0 Å². The summed E-state index contributed by atoms with van der Waals surface area (Å²) in [6.45, 7) is 0. The molecule has 0 fully saturated rings. The second-order valence-electron chi connectivity index (χ2n) is 4.28. The number of carbonyl (C=O) groups is 1. The third-order valence-electron chi connectivity index (χ3n) is 3.13. The first-order chi connectivity index (χ1) is 9.29. The molecular weight excluding hydrogens is 238 g/mol. The first-order valence-electron chi connectivity index (χ1n) is 6.04. The summed E-state index contributed by atoms with van der Waals surface area (Å²) in [5.41, 5.74) is 2.29. The van der Waals surface area contributed by atoms with Gasteiger partial charge in [-0.15, -0.1) is 0 Å². The van der Waals surface area contributed by atoms with Gasteiger partial charge in [0.25, 0.3) is 0 Å². The Labute approximate surface area is 111 Å². The smallest absolute Gasteiger partial charge is 0.209 e. The molecule has 0 amide bonds. The van der Waals surface area contributed by atoms with Gasteiger partial charge in [0.1, 0.15) is 5.75 Å². The number of carbonyl (C=O) groups excluding carboxylic acids is 1. The van der Waals surface area contributed by atoms with Crippen molar-refractivity contribution in [2.45, 2.75) is 0 Å². The Morgan fingerprint density at radius 2 is 1.95 bits per heavy atom. The van der Waals surface area contributed by atoms with Gasteiger partial charge in [0.2, 0.25) is 5.78 Å². The summed E-state index contributed by atoms with van der Waals surface area (Å²) in [7, 11) is 1.59. The van der Waals surface area contributed by atoms with E-state index in [0.717, 1.165) is 5.52 Å². The van der Waals surface area contributed by atoms with Gasteiger partial charge in [0.15, 0.2) is 0 Å². The van der Waals surface area contributed by atoms with Gasteiger partial charge in [0.05, 0.1) is 12.8 Å². The standard InChI is InChI=1S/C16H13NO2/c1-19-14-7-4-5-12(11-14)16(18)15-9-8-13-6-2-3-10-17(13)15/h2-11H,1H3. The van der Waals surface area contributed by atoms with Crippen molar-refractivity contribution in [1.29, 1.82) is 0 Å². The number of methoxy groups -OCH3 is 1. The zero-order valence-corrected chi connectivity index (χ0v) is 10.5. The fraction of sp³-hybridized carbons (Fsp3) is 0.0625. The molecule has 3 rings (SSSR count). The van der Waals surface area contributed by atoms with E-state index < -0.39 is 0 Å². The number of aromatic nitrogens is 1. The number of fused-ring (bicyclic) bond motifs is 1. The first kappa shape index (κ1) is 11.5. The quantitative estimate of drug-likeness (QED) is 0.669. The van der Waals surface area contributed by atoms with Crippen molar-refractivity contribution in [2.24, 2.45) is 0 Å². The van der Waals surface area contributed by atoms with Crippen LogP contribution in [-0.4, -0.2) is 17.3 Å². The molecule has 0 radical (unpaired) electrons. The Balaban J connectivity index is 2.08. The maximum absolute atomic E-state index is 12.5. The minimum absolute atomic E-state index is 0.00917. The lowest BCUT2D eigenvalue weighted by atomic mass is 10.1. The molecule has 0 aliphatic rings. The van der Waals surface area contributed by atoms with Crippen LogP contribution in [0.1, 0.15) is 16.1 Å². The van der Waals surface area contributed by atoms with Crippen LogP contribution in [0.4, 0.5) is 0 Å². The molecule has 0 bridgehead atoms. The van der Waals surface area contributed by atoms with Crippen molar-refractivity contribution in [3.63, 3.8) is 0 Å². The molecule has 1 aromatic carbocycles. The summed E-state index contributed by atoms with van der Waals surface area (Å²) in [5, 5.41) is 0. The minimum atomic E-state index is -0.00917. The Bertz CT molecular complexity index is 743. The molecule has 94 valence electrons. The van der Waals surface area contributed by atoms with Gasteiger partial charge in [-0.05, 0) is 36.4 Å². The molecule has 3 aromatic rings. The van der Waals surface area contributed by atoms with E-state index in [0.29, 0.717) is 17.0 Å². The Morgan fingerprint density at radius 1 is 1.05 bits per heavy atom. The van der Waals surface area contributed by atoms with Crippen LogP contribution in [0.5, 0.6) is 5.75 Å². The van der Waals surface area contributed by atoms with Gasteiger partial charge in [-0.3, -0.25) is 4.79 Å². The third kappa shape index (κ3) is 1.99. The lowest BCUT2D eigenvalue weighted by Gasteiger charge is -2.04. The molecule has 0 saturated heterocycles. The van der Waals surface area contributed by atoms with Crippen LogP contribution in [0, 0.1) is 0 Å². The number of ether oxygens (including phenoxy) is 1. The summed E-state index contributed by atoms with van der Waals surface area (Å²) in [4.78, 5) is 12.5. The topological polar surface area (TPSA) is 30.7 Å². The summed E-state index contributed by atoms with van der Waals surface area (Å²) in [6.07, 6.45) is 1.89. The minimum Gasteiger partial charge on any atom is -0.497 e. The van der Waals surface area contributed by atoms with E-state index in [9.17, 15) is 4.79 Å². The highest BCUT2D eigenvalue weighted by atomic mass is 16.5. The molecule has 0 saturated carbocycles. The van der Waals surface area contributed by atoms with Crippen LogP contribution in [0.2, 0.25) is 0 Å². The number of ketones is 1. The summed E-state index contributed by atoms with van der Waals surface area (Å²) < 4.78 is 7.04. The van der Waals surface area contributed by atoms with Crippen LogP contribution in [-0.2, 0) is 0 Å². The van der Waals surface area contributed by atoms with E-state index in [1.807, 2.05) is 53.1 Å². The van der Waals surface area contributed by atoms with Crippen molar-refractivity contribution in [3.05, 3.63) is 72.1 Å². The lowest BCUT2D eigenvalue weighted by Crippen LogP contribution is -2.05. The van der Waals surface area contributed by atoms with Crippen molar-refractivity contribution < 1.29 is 9.53 Å². The number of rotatable bonds is 3. The van der Waals surface area contributed by atoms with E-state index in [1.54, 1.807) is 19.2 Å². The normalized spacial score (nSPS) is 10.6. The Morgan fingerprint density at radius 3 is 2.79 bits per heavy atom. The summed E-state index contributed by atoms with van der Waals surface area (Å²) >= 11 is 0. The van der Waals surface area contributed by atoms with Gasteiger partial charge in [-0.1, -0.05) is 18.2 Å². The Kier molecular flexibility index (Phi) is 2.80. The van der Waals surface area contributed by atoms with Crippen molar-refractivity contribution in [2.75, 3.05) is 7.11 Å². The fourth-order valence-electron chi connectivity index (χ4n) is 2.15. The maximum Gasteiger partial charge on any atom is 0.209 e. The monoisotopic (exact) mass is 251 g/mol. The average molecular weight is 251 g/mol. The number of nitrogens with zero attached hydrogens (tertiary/aromatic N) is 1. The van der Waals surface area contributed by atoms with Crippen LogP contribution in [0.25, 0.3) is 5.52 Å². The first-order valence-corrected chi connectivity index (χ1v) is 6.04. The van der Waals surface area contributed by atoms with Gasteiger partial charge < -0.3 is 9.14 Å². The molecule has 3 nitrogen and oxygen atoms in total. The molecule has 0 aliphatic heterocycles. The third-order valence-corrected chi connectivity index (χ3v) is 3.13. The number of pyridine rings is 1.